The van der Waals surface area contributed by atoms with E-state index >= 15 is 0 Å². The molecule has 0 aromatic heterocycles. The second-order valence-corrected chi connectivity index (χ2v) is 12.5. The molecule has 10 nitrogen and oxygen atoms in total. The van der Waals surface area contributed by atoms with Gasteiger partial charge >= 0.3 is 17.9 Å². The van der Waals surface area contributed by atoms with Crippen molar-refractivity contribution in [3.05, 3.63) is 155 Å². The second kappa shape index (κ2) is 14.9. The van der Waals surface area contributed by atoms with Crippen LogP contribution in [0.2, 0.25) is 0 Å². The van der Waals surface area contributed by atoms with Crippen LogP contribution in [-0.2, 0) is 38.1 Å². The van der Waals surface area contributed by atoms with E-state index < -0.39 is 53.7 Å². The van der Waals surface area contributed by atoms with Crippen molar-refractivity contribution in [3.8, 4) is 0 Å². The summed E-state index contributed by atoms with van der Waals surface area (Å²) in [6.07, 6.45) is -1.50. The lowest BCUT2D eigenvalue weighted by Crippen LogP contribution is -2.79. The Kier molecular flexibility index (Phi) is 10.2. The highest BCUT2D eigenvalue weighted by molar-refractivity contribution is 8.00. The number of benzene rings is 4. The summed E-state index contributed by atoms with van der Waals surface area (Å²) in [6.45, 7) is 0.415. The van der Waals surface area contributed by atoms with Crippen molar-refractivity contribution in [3.63, 3.8) is 0 Å². The topological polar surface area (TPSA) is 134 Å². The smallest absolute Gasteiger partial charge is 0.356 e. The molecule has 4 aromatic rings. The molecule has 6 rings (SSSR count). The van der Waals surface area contributed by atoms with E-state index in [-0.39, 0.29) is 18.1 Å². The minimum Gasteiger partial charge on any atom is -0.461 e. The third-order valence-electron chi connectivity index (χ3n) is 8.10. The maximum Gasteiger partial charge on any atom is 0.356 e. The molecule has 0 radical (unpaired) electrons. The predicted molar refractivity (Wildman–Crippen MR) is 181 cm³/mol. The monoisotopic (exact) mass is 678 g/mol. The van der Waals surface area contributed by atoms with Gasteiger partial charge in [-0.3, -0.25) is 20.2 Å². The van der Waals surface area contributed by atoms with Gasteiger partial charge in [-0.1, -0.05) is 121 Å². The number of β-lactam (4-membered cyclic amide) rings is 1. The van der Waals surface area contributed by atoms with Crippen molar-refractivity contribution in [1.82, 2.24) is 4.90 Å². The number of ether oxygens (including phenoxy) is 4. The lowest BCUT2D eigenvalue weighted by atomic mass is 9.99. The van der Waals surface area contributed by atoms with Crippen molar-refractivity contribution in [2.24, 2.45) is 5.73 Å². The van der Waals surface area contributed by atoms with Crippen molar-refractivity contribution in [1.29, 1.82) is 0 Å². The fourth-order valence-corrected chi connectivity index (χ4v) is 7.06. The van der Waals surface area contributed by atoms with Gasteiger partial charge in [-0.15, -0.1) is 11.8 Å². The van der Waals surface area contributed by atoms with Crippen molar-refractivity contribution < 1.29 is 38.1 Å². The summed E-state index contributed by atoms with van der Waals surface area (Å²) in [7, 11) is 0. The summed E-state index contributed by atoms with van der Waals surface area (Å²) < 4.78 is 23.0. The van der Waals surface area contributed by atoms with E-state index in [1.54, 1.807) is 0 Å². The number of rotatable bonds is 12. The summed E-state index contributed by atoms with van der Waals surface area (Å²) in [5.41, 5.74) is 7.85. The van der Waals surface area contributed by atoms with Gasteiger partial charge in [0.2, 0.25) is 5.72 Å². The van der Waals surface area contributed by atoms with E-state index in [4.69, 9.17) is 24.7 Å². The molecule has 0 spiro atoms. The molecule has 250 valence electrons. The maximum absolute atomic E-state index is 14.0. The molecule has 0 aliphatic carbocycles. The van der Waals surface area contributed by atoms with Crippen LogP contribution in [0, 0.1) is 0 Å². The molecule has 1 amide bonds. The van der Waals surface area contributed by atoms with E-state index in [2.05, 4.69) is 0 Å². The number of hydrogen-bond acceptors (Lipinski definition) is 10. The van der Waals surface area contributed by atoms with E-state index in [9.17, 15) is 19.2 Å². The lowest BCUT2D eigenvalue weighted by Gasteiger charge is -2.54. The molecule has 49 heavy (non-hydrogen) atoms. The number of carbonyl (C=O) groups excluding carboxylic acids is 4. The fourth-order valence-electron chi connectivity index (χ4n) is 5.71. The molecule has 0 saturated carbocycles. The quantitative estimate of drug-likeness (QED) is 0.0939. The van der Waals surface area contributed by atoms with Gasteiger partial charge in [-0.2, -0.15) is 0 Å². The minimum absolute atomic E-state index is 0.0765. The van der Waals surface area contributed by atoms with Crippen LogP contribution >= 0.6 is 11.8 Å². The van der Waals surface area contributed by atoms with Gasteiger partial charge in [0.25, 0.3) is 5.91 Å². The van der Waals surface area contributed by atoms with Crippen LogP contribution in [0.5, 0.6) is 0 Å². The number of hydrogen-bond donors (Lipinski definition) is 1. The van der Waals surface area contributed by atoms with E-state index in [0.29, 0.717) is 5.57 Å². The highest BCUT2D eigenvalue weighted by Gasteiger charge is 2.64. The van der Waals surface area contributed by atoms with E-state index in [0.717, 1.165) is 22.3 Å². The van der Waals surface area contributed by atoms with Crippen LogP contribution in [0.3, 0.4) is 0 Å². The number of fused-ring (bicyclic) bond motifs is 1. The molecule has 4 aromatic carbocycles. The summed E-state index contributed by atoms with van der Waals surface area (Å²) in [6, 6.07) is 36.9. The molecule has 1 fully saturated rings. The Morgan fingerprint density at radius 1 is 0.776 bits per heavy atom. The Labute approximate surface area is 287 Å². The van der Waals surface area contributed by atoms with Crippen LogP contribution in [0.15, 0.2) is 133 Å². The van der Waals surface area contributed by atoms with Crippen molar-refractivity contribution in [2.45, 2.75) is 30.2 Å². The summed E-state index contributed by atoms with van der Waals surface area (Å²) in [4.78, 5) is 53.9. The number of nitrogens with two attached hydrogens (primary N) is 1. The predicted octanol–water partition coefficient (Wildman–Crippen LogP) is 5.06. The summed E-state index contributed by atoms with van der Waals surface area (Å²) in [5.74, 6) is -2.64. The molecule has 2 atom stereocenters. The summed E-state index contributed by atoms with van der Waals surface area (Å²) >= 11 is 1.22. The van der Waals surface area contributed by atoms with Gasteiger partial charge in [0, 0.05) is 18.2 Å². The normalized spacial score (nSPS) is 18.5. The lowest BCUT2D eigenvalue weighted by molar-refractivity contribution is -0.194. The van der Waals surface area contributed by atoms with E-state index in [1.807, 2.05) is 121 Å². The van der Waals surface area contributed by atoms with Crippen LogP contribution < -0.4 is 5.73 Å². The highest BCUT2D eigenvalue weighted by Crippen LogP contribution is 2.46. The van der Waals surface area contributed by atoms with Gasteiger partial charge in [-0.25, -0.2) is 9.59 Å². The zero-order chi connectivity index (χ0) is 34.4. The van der Waals surface area contributed by atoms with Gasteiger partial charge in [-0.05, 0) is 22.3 Å². The third kappa shape index (κ3) is 7.29. The van der Waals surface area contributed by atoms with Crippen LogP contribution in [-0.4, -0.2) is 58.8 Å². The highest BCUT2D eigenvalue weighted by atomic mass is 32.2. The zero-order valence-corrected chi connectivity index (χ0v) is 27.4. The van der Waals surface area contributed by atoms with Gasteiger partial charge in [0.05, 0.1) is 0 Å². The third-order valence-corrected chi connectivity index (χ3v) is 9.49. The van der Waals surface area contributed by atoms with E-state index in [1.165, 1.54) is 23.6 Å². The SMILES string of the molecule is CC(=O)OCC1=C(C(=O)OC(c2ccccc2)c2ccccc2)N2C(=O)[C@@](N)(OCC(=O)OC(c3ccccc3)c3ccccc3)[C@H]2SC1. The number of thioether (sulfide) groups is 1. The van der Waals surface area contributed by atoms with Crippen molar-refractivity contribution >= 4 is 35.6 Å². The molecular formula is C38H34N2O8S. The fraction of sp³-hybridized carbons (Fsp3) is 0.211. The number of nitrogens with zero attached hydrogens (tertiary/aromatic N) is 1. The van der Waals surface area contributed by atoms with Crippen LogP contribution in [0.1, 0.15) is 41.4 Å². The van der Waals surface area contributed by atoms with Gasteiger partial charge in [0.15, 0.2) is 12.2 Å². The number of carbonyl (C=O) groups is 4. The first kappa shape index (κ1) is 33.7. The van der Waals surface area contributed by atoms with Crippen LogP contribution in [0.4, 0.5) is 0 Å². The Morgan fingerprint density at radius 2 is 1.22 bits per heavy atom. The molecule has 0 unspecified atom stereocenters. The molecule has 2 aliphatic rings. The minimum atomic E-state index is -1.94. The van der Waals surface area contributed by atoms with Gasteiger partial charge in [0.1, 0.15) is 24.3 Å². The Morgan fingerprint density at radius 3 is 1.67 bits per heavy atom. The molecule has 2 heterocycles. The average Bonchev–Trinajstić information content (AvgIpc) is 3.14. The largest absolute Gasteiger partial charge is 0.461 e. The molecule has 11 heteroatoms. The van der Waals surface area contributed by atoms with Crippen molar-refractivity contribution in [2.75, 3.05) is 19.0 Å². The average molecular weight is 679 g/mol. The Bertz CT molecular complexity index is 1760. The number of amides is 1. The first-order valence-corrected chi connectivity index (χ1v) is 16.6. The standard InChI is InChI=1S/C38H34N2O8S/c1-25(41)45-22-30-24-49-37-38(39,46-23-31(42)47-33(26-14-6-2-7-15-26)27-16-8-3-9-17-27)36(44)40(37)32(30)35(43)48-34(28-18-10-4-11-19-28)29-20-12-5-13-21-29/h2-21,33-34,37H,22-24,39H2,1H3/t37-,38-/m1/s1. The van der Waals surface area contributed by atoms with Gasteiger partial charge < -0.3 is 18.9 Å². The molecule has 0 bridgehead atoms. The zero-order valence-electron chi connectivity index (χ0n) is 26.6. The molecule has 2 N–H and O–H groups in total. The first-order chi connectivity index (χ1) is 23.8. The Balaban J connectivity index is 1.21. The Hall–Kier alpha value is -5.23. The van der Waals surface area contributed by atoms with Crippen LogP contribution in [0.25, 0.3) is 0 Å². The molecular weight excluding hydrogens is 644 g/mol. The number of esters is 3. The second-order valence-electron chi connectivity index (χ2n) is 11.5. The first-order valence-electron chi connectivity index (χ1n) is 15.6. The molecule has 1 saturated heterocycles. The molecule has 2 aliphatic heterocycles. The summed E-state index contributed by atoms with van der Waals surface area (Å²) in [5, 5.41) is -0.873. The maximum atomic E-state index is 14.0.